The van der Waals surface area contributed by atoms with Gasteiger partial charge in [-0.2, -0.15) is 0 Å². The number of carbonyl (C=O) groups excluding carboxylic acids is 2. The van der Waals surface area contributed by atoms with Crippen LogP contribution in [0.15, 0.2) is 0 Å². The third-order valence-electron chi connectivity index (χ3n) is 3.92. The lowest BCUT2D eigenvalue weighted by Gasteiger charge is -2.28. The topological polar surface area (TPSA) is 46.6 Å². The fraction of sp³-hybridized carbons (Fsp3) is 0.833. The van der Waals surface area contributed by atoms with Crippen molar-refractivity contribution < 1.29 is 14.3 Å². The van der Waals surface area contributed by atoms with Crippen molar-refractivity contribution in [2.75, 3.05) is 20.2 Å². The summed E-state index contributed by atoms with van der Waals surface area (Å²) in [5.41, 5.74) is -0.303. The van der Waals surface area contributed by atoms with Crippen molar-refractivity contribution in [3.63, 3.8) is 0 Å². The number of amides is 1. The highest BCUT2D eigenvalue weighted by atomic mass is 16.5. The van der Waals surface area contributed by atoms with Gasteiger partial charge in [0.2, 0.25) is 5.91 Å². The van der Waals surface area contributed by atoms with E-state index in [-0.39, 0.29) is 23.8 Å². The number of ether oxygens (including phenoxy) is 1. The van der Waals surface area contributed by atoms with Crippen LogP contribution in [0.3, 0.4) is 0 Å². The standard InChI is InChI=1S/C12H21NO3/c1-5-9(2)12(3)6-7-13(11(12)15)8-10(14)16-4/h9H,5-8H2,1-4H3/t9?,12-/m1/s1. The van der Waals surface area contributed by atoms with Gasteiger partial charge in [0, 0.05) is 6.54 Å². The second-order valence-electron chi connectivity index (χ2n) is 4.78. The number of nitrogens with zero attached hydrogens (tertiary/aromatic N) is 1. The van der Waals surface area contributed by atoms with E-state index in [1.54, 1.807) is 4.90 Å². The van der Waals surface area contributed by atoms with Crippen molar-refractivity contribution >= 4 is 11.9 Å². The fourth-order valence-electron chi connectivity index (χ4n) is 2.22. The summed E-state index contributed by atoms with van der Waals surface area (Å²) in [4.78, 5) is 25.0. The molecule has 0 radical (unpaired) electrons. The van der Waals surface area contributed by atoms with Crippen LogP contribution in [0.1, 0.15) is 33.6 Å². The van der Waals surface area contributed by atoms with Gasteiger partial charge in [-0.3, -0.25) is 9.59 Å². The summed E-state index contributed by atoms with van der Waals surface area (Å²) in [6.45, 7) is 6.93. The van der Waals surface area contributed by atoms with Crippen molar-refractivity contribution in [2.45, 2.75) is 33.6 Å². The van der Waals surface area contributed by atoms with Gasteiger partial charge in [-0.05, 0) is 12.3 Å². The summed E-state index contributed by atoms with van der Waals surface area (Å²) in [5, 5.41) is 0. The Balaban J connectivity index is 2.70. The quantitative estimate of drug-likeness (QED) is 0.683. The predicted octanol–water partition coefficient (Wildman–Crippen LogP) is 1.44. The molecule has 1 aliphatic heterocycles. The van der Waals surface area contributed by atoms with E-state index < -0.39 is 0 Å². The van der Waals surface area contributed by atoms with E-state index in [2.05, 4.69) is 18.6 Å². The zero-order valence-electron chi connectivity index (χ0n) is 10.6. The Morgan fingerprint density at radius 2 is 2.25 bits per heavy atom. The molecule has 0 spiro atoms. The third kappa shape index (κ3) is 2.20. The molecular formula is C12H21NO3. The second kappa shape index (κ2) is 4.85. The van der Waals surface area contributed by atoms with Gasteiger partial charge < -0.3 is 9.64 Å². The molecule has 1 unspecified atom stereocenters. The van der Waals surface area contributed by atoms with E-state index in [1.165, 1.54) is 7.11 Å². The smallest absolute Gasteiger partial charge is 0.325 e. The van der Waals surface area contributed by atoms with Crippen LogP contribution >= 0.6 is 0 Å². The summed E-state index contributed by atoms with van der Waals surface area (Å²) in [6.07, 6.45) is 1.81. The van der Waals surface area contributed by atoms with Crippen LogP contribution in [0.25, 0.3) is 0 Å². The first-order chi connectivity index (χ1) is 7.45. The van der Waals surface area contributed by atoms with Gasteiger partial charge >= 0.3 is 5.97 Å². The minimum atomic E-state index is -0.346. The fourth-order valence-corrected chi connectivity index (χ4v) is 2.22. The summed E-state index contributed by atoms with van der Waals surface area (Å²) in [5.74, 6) is 0.0941. The molecule has 1 fully saturated rings. The van der Waals surface area contributed by atoms with Gasteiger partial charge in [-0.1, -0.05) is 27.2 Å². The molecule has 4 heteroatoms. The molecule has 0 aromatic heterocycles. The lowest BCUT2D eigenvalue weighted by atomic mass is 9.75. The highest BCUT2D eigenvalue weighted by molar-refractivity contribution is 5.88. The zero-order valence-corrected chi connectivity index (χ0v) is 10.6. The lowest BCUT2D eigenvalue weighted by Crippen LogP contribution is -2.39. The zero-order chi connectivity index (χ0) is 12.3. The van der Waals surface area contributed by atoms with Crippen molar-refractivity contribution in [2.24, 2.45) is 11.3 Å². The molecule has 16 heavy (non-hydrogen) atoms. The Morgan fingerprint density at radius 1 is 1.62 bits per heavy atom. The normalized spacial score (nSPS) is 27.0. The van der Waals surface area contributed by atoms with E-state index in [9.17, 15) is 9.59 Å². The van der Waals surface area contributed by atoms with Gasteiger partial charge in [0.25, 0.3) is 0 Å². The van der Waals surface area contributed by atoms with Crippen LogP contribution in [0.4, 0.5) is 0 Å². The maximum atomic E-state index is 12.2. The molecule has 0 aliphatic carbocycles. The van der Waals surface area contributed by atoms with Crippen molar-refractivity contribution in [1.29, 1.82) is 0 Å². The summed E-state index contributed by atoms with van der Waals surface area (Å²) < 4.78 is 4.58. The first kappa shape index (κ1) is 13.0. The summed E-state index contributed by atoms with van der Waals surface area (Å²) >= 11 is 0. The molecular weight excluding hydrogens is 206 g/mol. The number of rotatable bonds is 4. The Labute approximate surface area is 96.9 Å². The molecule has 0 bridgehead atoms. The molecule has 1 saturated heterocycles. The van der Waals surface area contributed by atoms with Crippen molar-refractivity contribution in [3.05, 3.63) is 0 Å². The molecule has 0 saturated carbocycles. The van der Waals surface area contributed by atoms with Crippen LogP contribution in [-0.2, 0) is 14.3 Å². The average Bonchev–Trinajstić information content (AvgIpc) is 2.57. The van der Waals surface area contributed by atoms with Crippen LogP contribution < -0.4 is 0 Å². The molecule has 1 heterocycles. The van der Waals surface area contributed by atoms with Crippen molar-refractivity contribution in [1.82, 2.24) is 4.90 Å². The molecule has 2 atom stereocenters. The molecule has 92 valence electrons. The van der Waals surface area contributed by atoms with Crippen LogP contribution in [0.2, 0.25) is 0 Å². The number of carbonyl (C=O) groups is 2. The highest BCUT2D eigenvalue weighted by Gasteiger charge is 2.46. The van der Waals surface area contributed by atoms with Gasteiger partial charge in [0.1, 0.15) is 6.54 Å². The lowest BCUT2D eigenvalue weighted by molar-refractivity contribution is -0.148. The van der Waals surface area contributed by atoms with E-state index >= 15 is 0 Å². The Hall–Kier alpha value is -1.06. The molecule has 1 aliphatic rings. The van der Waals surface area contributed by atoms with Gasteiger partial charge in [-0.15, -0.1) is 0 Å². The summed E-state index contributed by atoms with van der Waals surface area (Å²) in [6, 6.07) is 0. The molecule has 1 amide bonds. The number of esters is 1. The third-order valence-corrected chi connectivity index (χ3v) is 3.92. The van der Waals surface area contributed by atoms with E-state index in [0.29, 0.717) is 12.5 Å². The van der Waals surface area contributed by atoms with E-state index in [0.717, 1.165) is 12.8 Å². The van der Waals surface area contributed by atoms with E-state index in [4.69, 9.17) is 0 Å². The molecule has 0 aromatic carbocycles. The SMILES string of the molecule is CCC(C)[C@@]1(C)CCN(CC(=O)OC)C1=O. The van der Waals surface area contributed by atoms with Gasteiger partial charge in [0.05, 0.1) is 12.5 Å². The molecule has 0 aromatic rings. The number of likely N-dealkylation sites (tertiary alicyclic amines) is 1. The first-order valence-corrected chi connectivity index (χ1v) is 5.82. The average molecular weight is 227 g/mol. The van der Waals surface area contributed by atoms with Crippen LogP contribution in [0.5, 0.6) is 0 Å². The number of hydrogen-bond acceptors (Lipinski definition) is 3. The maximum absolute atomic E-state index is 12.2. The minimum Gasteiger partial charge on any atom is -0.468 e. The Kier molecular flexibility index (Phi) is 3.94. The largest absolute Gasteiger partial charge is 0.468 e. The van der Waals surface area contributed by atoms with Crippen LogP contribution in [0, 0.1) is 11.3 Å². The summed E-state index contributed by atoms with van der Waals surface area (Å²) in [7, 11) is 1.34. The van der Waals surface area contributed by atoms with Crippen LogP contribution in [-0.4, -0.2) is 37.0 Å². The minimum absolute atomic E-state index is 0.0847. The van der Waals surface area contributed by atoms with Crippen molar-refractivity contribution in [3.8, 4) is 0 Å². The number of methoxy groups -OCH3 is 1. The monoisotopic (exact) mass is 227 g/mol. The Bertz CT molecular complexity index is 290. The maximum Gasteiger partial charge on any atom is 0.325 e. The first-order valence-electron chi connectivity index (χ1n) is 5.82. The molecule has 4 nitrogen and oxygen atoms in total. The highest BCUT2D eigenvalue weighted by Crippen LogP contribution is 2.39. The molecule has 1 rings (SSSR count). The number of hydrogen-bond donors (Lipinski definition) is 0. The van der Waals surface area contributed by atoms with Gasteiger partial charge in [-0.25, -0.2) is 0 Å². The van der Waals surface area contributed by atoms with Gasteiger partial charge in [0.15, 0.2) is 0 Å². The second-order valence-corrected chi connectivity index (χ2v) is 4.78. The van der Waals surface area contributed by atoms with E-state index in [1.807, 2.05) is 6.92 Å². The Morgan fingerprint density at radius 3 is 2.75 bits per heavy atom. The molecule has 0 N–H and O–H groups in total. The predicted molar refractivity (Wildman–Crippen MR) is 60.8 cm³/mol.